The molecule has 2 nitrogen and oxygen atoms in total. The monoisotopic (exact) mass is 703 g/mol. The van der Waals surface area contributed by atoms with E-state index in [1.54, 1.807) is 0 Å². The van der Waals surface area contributed by atoms with Gasteiger partial charge in [0, 0.05) is 33.9 Å². The molecule has 55 heavy (non-hydrogen) atoms. The van der Waals surface area contributed by atoms with Crippen LogP contribution in [0.4, 0.5) is 17.1 Å². The molecule has 1 heterocycles. The highest BCUT2D eigenvalue weighted by molar-refractivity contribution is 6.06. The molecule has 0 aliphatic rings. The third-order valence-electron chi connectivity index (χ3n) is 10.7. The Kier molecular flexibility index (Phi) is 8.08. The molecule has 0 fully saturated rings. The fourth-order valence-corrected chi connectivity index (χ4v) is 7.96. The van der Waals surface area contributed by atoms with Crippen molar-refractivity contribution in [2.24, 2.45) is 0 Å². The number of rotatable bonds is 7. The normalized spacial score (nSPS) is 11.4. The highest BCUT2D eigenvalue weighted by Crippen LogP contribution is 2.42. The third-order valence-corrected chi connectivity index (χ3v) is 10.7. The van der Waals surface area contributed by atoms with Crippen LogP contribution in [0.15, 0.2) is 211 Å². The number of anilines is 3. The van der Waals surface area contributed by atoms with Gasteiger partial charge in [0.1, 0.15) is 11.2 Å². The number of fused-ring (bicyclic) bond motifs is 4. The lowest BCUT2D eigenvalue weighted by atomic mass is 9.93. The first-order chi connectivity index (χ1) is 27.1. The van der Waals surface area contributed by atoms with E-state index in [0.717, 1.165) is 44.6 Å². The van der Waals surface area contributed by atoms with E-state index in [1.165, 1.54) is 55.3 Å². The predicted molar refractivity (Wildman–Crippen MR) is 232 cm³/mol. The quantitative estimate of drug-likeness (QED) is 0.164. The van der Waals surface area contributed by atoms with E-state index in [9.17, 15) is 0 Å². The fourth-order valence-electron chi connectivity index (χ4n) is 7.96. The van der Waals surface area contributed by atoms with E-state index in [2.05, 4.69) is 206 Å². The van der Waals surface area contributed by atoms with E-state index in [-0.39, 0.29) is 0 Å². The van der Waals surface area contributed by atoms with Gasteiger partial charge in [0.05, 0.1) is 0 Å². The molecule has 0 amide bonds. The van der Waals surface area contributed by atoms with Gasteiger partial charge in [-0.25, -0.2) is 0 Å². The summed E-state index contributed by atoms with van der Waals surface area (Å²) in [5, 5.41) is 4.74. The largest absolute Gasteiger partial charge is 0.456 e. The molecule has 2 heteroatoms. The maximum atomic E-state index is 6.40. The smallest absolute Gasteiger partial charge is 0.137 e. The van der Waals surface area contributed by atoms with Crippen molar-refractivity contribution in [2.75, 3.05) is 4.90 Å². The van der Waals surface area contributed by atoms with Crippen molar-refractivity contribution in [2.45, 2.75) is 6.92 Å². The molecule has 0 N–H and O–H groups in total. The molecule has 0 aliphatic heterocycles. The summed E-state index contributed by atoms with van der Waals surface area (Å²) in [4.78, 5) is 2.33. The van der Waals surface area contributed by atoms with Gasteiger partial charge in [0.2, 0.25) is 0 Å². The maximum absolute atomic E-state index is 6.40. The van der Waals surface area contributed by atoms with Crippen LogP contribution in [-0.4, -0.2) is 0 Å². The van der Waals surface area contributed by atoms with Crippen LogP contribution in [-0.2, 0) is 0 Å². The molecule has 10 aromatic rings. The second-order valence-electron chi connectivity index (χ2n) is 14.3. The standard InChI is InChI=1S/C53H37NO/c1-36-11-8-16-43(31-36)48-19-4-5-20-49(48)44-17-10-18-46(34-44)54(47-29-30-51-50-21-6-7-22-52(50)55-53(51)35-47)45-27-25-38(26-28-45)40-14-9-15-41(32-40)42-24-23-37-12-2-3-13-39(37)33-42/h2-35H,1H3. The molecule has 10 rings (SSSR count). The molecule has 1 aromatic heterocycles. The van der Waals surface area contributed by atoms with Crippen molar-refractivity contribution in [3.63, 3.8) is 0 Å². The second-order valence-corrected chi connectivity index (χ2v) is 14.3. The molecule has 0 bridgehead atoms. The zero-order chi connectivity index (χ0) is 36.7. The van der Waals surface area contributed by atoms with E-state index in [0.29, 0.717) is 0 Å². The van der Waals surface area contributed by atoms with E-state index >= 15 is 0 Å². The third kappa shape index (κ3) is 6.14. The molecule has 0 saturated carbocycles. The van der Waals surface area contributed by atoms with Crippen molar-refractivity contribution in [1.82, 2.24) is 0 Å². The van der Waals surface area contributed by atoms with Gasteiger partial charge in [-0.15, -0.1) is 0 Å². The lowest BCUT2D eigenvalue weighted by Crippen LogP contribution is -2.10. The van der Waals surface area contributed by atoms with Gasteiger partial charge in [-0.1, -0.05) is 151 Å². The van der Waals surface area contributed by atoms with Gasteiger partial charge in [-0.2, -0.15) is 0 Å². The van der Waals surface area contributed by atoms with E-state index < -0.39 is 0 Å². The Morgan fingerprint density at radius 2 is 0.909 bits per heavy atom. The molecular formula is C53H37NO. The molecule has 0 unspecified atom stereocenters. The van der Waals surface area contributed by atoms with Gasteiger partial charge < -0.3 is 9.32 Å². The van der Waals surface area contributed by atoms with Gasteiger partial charge in [-0.3, -0.25) is 0 Å². The highest BCUT2D eigenvalue weighted by Gasteiger charge is 2.17. The molecule has 0 atom stereocenters. The Morgan fingerprint density at radius 1 is 0.327 bits per heavy atom. The number of nitrogens with zero attached hydrogens (tertiary/aromatic N) is 1. The molecule has 0 saturated heterocycles. The zero-order valence-electron chi connectivity index (χ0n) is 30.5. The first-order valence-electron chi connectivity index (χ1n) is 18.8. The maximum Gasteiger partial charge on any atom is 0.137 e. The van der Waals surface area contributed by atoms with Crippen LogP contribution in [0.1, 0.15) is 5.56 Å². The Labute approximate surface area is 321 Å². The van der Waals surface area contributed by atoms with Crippen LogP contribution >= 0.6 is 0 Å². The topological polar surface area (TPSA) is 16.4 Å². The Bertz CT molecular complexity index is 3010. The number of hydrogen-bond acceptors (Lipinski definition) is 2. The summed E-state index contributed by atoms with van der Waals surface area (Å²) in [7, 11) is 0. The minimum Gasteiger partial charge on any atom is -0.456 e. The molecular weight excluding hydrogens is 667 g/mol. The summed E-state index contributed by atoms with van der Waals surface area (Å²) in [6, 6.07) is 74.1. The van der Waals surface area contributed by atoms with Gasteiger partial charge in [0.25, 0.3) is 0 Å². The average molecular weight is 704 g/mol. The summed E-state index contributed by atoms with van der Waals surface area (Å²) in [6.45, 7) is 2.15. The van der Waals surface area contributed by atoms with Gasteiger partial charge in [0.15, 0.2) is 0 Å². The Balaban J connectivity index is 1.07. The van der Waals surface area contributed by atoms with Crippen LogP contribution in [0.3, 0.4) is 0 Å². The minimum absolute atomic E-state index is 0.867. The summed E-state index contributed by atoms with van der Waals surface area (Å²) in [5.74, 6) is 0. The predicted octanol–water partition coefficient (Wildman–Crippen LogP) is 15.2. The average Bonchev–Trinajstić information content (AvgIpc) is 3.62. The molecule has 0 radical (unpaired) electrons. The van der Waals surface area contributed by atoms with Crippen molar-refractivity contribution in [3.8, 4) is 44.5 Å². The van der Waals surface area contributed by atoms with Crippen molar-refractivity contribution >= 4 is 49.8 Å². The zero-order valence-corrected chi connectivity index (χ0v) is 30.5. The number of furan rings is 1. The van der Waals surface area contributed by atoms with E-state index in [4.69, 9.17) is 4.42 Å². The molecule has 260 valence electrons. The Morgan fingerprint density at radius 3 is 1.73 bits per heavy atom. The van der Waals surface area contributed by atoms with E-state index in [1.807, 2.05) is 12.1 Å². The van der Waals surface area contributed by atoms with Crippen LogP contribution in [0.2, 0.25) is 0 Å². The van der Waals surface area contributed by atoms with Crippen LogP contribution in [0.5, 0.6) is 0 Å². The van der Waals surface area contributed by atoms with Crippen LogP contribution < -0.4 is 4.90 Å². The summed E-state index contributed by atoms with van der Waals surface area (Å²) >= 11 is 0. The van der Waals surface area contributed by atoms with Gasteiger partial charge in [-0.05, 0) is 117 Å². The van der Waals surface area contributed by atoms with Crippen LogP contribution in [0.25, 0.3) is 77.2 Å². The summed E-state index contributed by atoms with van der Waals surface area (Å²) in [6.07, 6.45) is 0. The lowest BCUT2D eigenvalue weighted by Gasteiger charge is -2.26. The number of aryl methyl sites for hydroxylation is 1. The highest BCUT2D eigenvalue weighted by atomic mass is 16.3. The number of hydrogen-bond donors (Lipinski definition) is 0. The van der Waals surface area contributed by atoms with Crippen LogP contribution in [0, 0.1) is 6.92 Å². The fraction of sp³-hybridized carbons (Fsp3) is 0.0189. The summed E-state index contributed by atoms with van der Waals surface area (Å²) < 4.78 is 6.40. The SMILES string of the molecule is Cc1cccc(-c2ccccc2-c2cccc(N(c3ccc(-c4cccc(-c5ccc6ccccc6c5)c4)cc3)c3ccc4c(c3)oc3ccccc34)c2)c1. The lowest BCUT2D eigenvalue weighted by molar-refractivity contribution is 0.669. The number of para-hydroxylation sites is 1. The van der Waals surface area contributed by atoms with Crippen molar-refractivity contribution in [1.29, 1.82) is 0 Å². The first-order valence-corrected chi connectivity index (χ1v) is 18.8. The minimum atomic E-state index is 0.867. The Hall–Kier alpha value is -7.16. The summed E-state index contributed by atoms with van der Waals surface area (Å²) in [5.41, 5.74) is 15.7. The molecule has 0 spiro atoms. The van der Waals surface area contributed by atoms with Crippen molar-refractivity contribution < 1.29 is 4.42 Å². The molecule has 9 aromatic carbocycles. The second kappa shape index (κ2) is 13.7. The first kappa shape index (κ1) is 32.5. The van der Waals surface area contributed by atoms with Gasteiger partial charge >= 0.3 is 0 Å². The molecule has 0 aliphatic carbocycles. The van der Waals surface area contributed by atoms with Crippen molar-refractivity contribution in [3.05, 3.63) is 212 Å². The number of benzene rings is 9.